The van der Waals surface area contributed by atoms with Crippen molar-refractivity contribution < 1.29 is 0 Å². The predicted molar refractivity (Wildman–Crippen MR) is 71.4 cm³/mol. The molecule has 2 heteroatoms. The molecule has 0 amide bonds. The Morgan fingerprint density at radius 1 is 1.18 bits per heavy atom. The fraction of sp³-hybridized carbons (Fsp3) is 0.200. The number of hydrogen-bond donors (Lipinski definition) is 0. The van der Waals surface area contributed by atoms with E-state index in [4.69, 9.17) is 0 Å². The third kappa shape index (κ3) is 3.25. The van der Waals surface area contributed by atoms with E-state index in [1.807, 2.05) is 42.7 Å². The van der Waals surface area contributed by atoms with Gasteiger partial charge in [0.15, 0.2) is 0 Å². The molecule has 0 radical (unpaired) electrons. The van der Waals surface area contributed by atoms with Gasteiger partial charge < -0.3 is 0 Å². The number of aryl methyl sites for hydroxylation is 1. The van der Waals surface area contributed by atoms with Crippen molar-refractivity contribution in [2.75, 3.05) is 0 Å². The monoisotopic (exact) mass is 224 g/mol. The minimum Gasteiger partial charge on any atom is -0.283 e. The lowest BCUT2D eigenvalue weighted by molar-refractivity contribution is 0.824. The summed E-state index contributed by atoms with van der Waals surface area (Å²) in [6, 6.07) is 14.4. The van der Waals surface area contributed by atoms with Crippen molar-refractivity contribution in [1.29, 1.82) is 0 Å². The lowest BCUT2D eigenvalue weighted by Crippen LogP contribution is -1.92. The summed E-state index contributed by atoms with van der Waals surface area (Å²) in [7, 11) is 0. The molecule has 0 saturated heterocycles. The van der Waals surface area contributed by atoms with Crippen LogP contribution in [-0.4, -0.2) is 11.2 Å². The van der Waals surface area contributed by atoms with Gasteiger partial charge in [0.1, 0.15) is 0 Å². The fourth-order valence-electron chi connectivity index (χ4n) is 1.64. The molecule has 2 rings (SSSR count). The molecule has 86 valence electrons. The van der Waals surface area contributed by atoms with Gasteiger partial charge in [-0.3, -0.25) is 9.98 Å². The van der Waals surface area contributed by atoms with Gasteiger partial charge in [-0.2, -0.15) is 0 Å². The van der Waals surface area contributed by atoms with Gasteiger partial charge in [0.05, 0.1) is 11.7 Å². The van der Waals surface area contributed by atoms with Crippen LogP contribution in [0.15, 0.2) is 53.7 Å². The summed E-state index contributed by atoms with van der Waals surface area (Å²) in [5.41, 5.74) is 3.33. The molecular weight excluding hydrogens is 208 g/mol. The molecule has 1 aromatic carbocycles. The summed E-state index contributed by atoms with van der Waals surface area (Å²) < 4.78 is 0. The molecule has 0 fully saturated rings. The second-order valence-electron chi connectivity index (χ2n) is 4.12. The van der Waals surface area contributed by atoms with Crippen molar-refractivity contribution in [3.05, 3.63) is 65.5 Å². The highest BCUT2D eigenvalue weighted by atomic mass is 14.8. The first-order valence-electron chi connectivity index (χ1n) is 5.76. The van der Waals surface area contributed by atoms with Gasteiger partial charge in [0.25, 0.3) is 0 Å². The van der Waals surface area contributed by atoms with Gasteiger partial charge in [-0.1, -0.05) is 30.3 Å². The fourth-order valence-corrected chi connectivity index (χ4v) is 1.64. The average Bonchev–Trinajstić information content (AvgIpc) is 2.37. The standard InChI is InChI=1S/C15H16N2/c1-12-8-9-16-15(10-12)11-17-13(2)14-6-4-3-5-7-14/h3-11,13H,1-2H3/b17-11+/t13-/m0/s1. The zero-order valence-electron chi connectivity index (χ0n) is 10.2. The zero-order chi connectivity index (χ0) is 12.1. The molecule has 1 heterocycles. The Morgan fingerprint density at radius 3 is 2.65 bits per heavy atom. The summed E-state index contributed by atoms with van der Waals surface area (Å²) in [5.74, 6) is 0. The van der Waals surface area contributed by atoms with Crippen LogP contribution in [0.4, 0.5) is 0 Å². The number of pyridine rings is 1. The molecule has 17 heavy (non-hydrogen) atoms. The summed E-state index contributed by atoms with van der Waals surface area (Å²) in [6.07, 6.45) is 3.65. The highest BCUT2D eigenvalue weighted by Crippen LogP contribution is 2.15. The van der Waals surface area contributed by atoms with Crippen LogP contribution in [0.25, 0.3) is 0 Å². The van der Waals surface area contributed by atoms with Crippen LogP contribution in [0.5, 0.6) is 0 Å². The first kappa shape index (κ1) is 11.5. The van der Waals surface area contributed by atoms with Crippen molar-refractivity contribution in [2.45, 2.75) is 19.9 Å². The molecule has 0 saturated carbocycles. The molecule has 2 aromatic rings. The Labute approximate surface area is 102 Å². The minimum absolute atomic E-state index is 0.165. The summed E-state index contributed by atoms with van der Waals surface area (Å²) in [6.45, 7) is 4.14. The van der Waals surface area contributed by atoms with Crippen LogP contribution in [0.1, 0.15) is 29.8 Å². The molecule has 1 atom stereocenters. The Balaban J connectivity index is 2.11. The molecule has 2 nitrogen and oxygen atoms in total. The van der Waals surface area contributed by atoms with Gasteiger partial charge in [-0.15, -0.1) is 0 Å². The van der Waals surface area contributed by atoms with Gasteiger partial charge in [-0.25, -0.2) is 0 Å². The third-order valence-corrected chi connectivity index (χ3v) is 2.65. The number of aromatic nitrogens is 1. The van der Waals surface area contributed by atoms with Crippen molar-refractivity contribution in [3.63, 3.8) is 0 Å². The number of nitrogens with zero attached hydrogens (tertiary/aromatic N) is 2. The Kier molecular flexibility index (Phi) is 3.66. The van der Waals surface area contributed by atoms with Crippen molar-refractivity contribution in [2.24, 2.45) is 4.99 Å². The Bertz CT molecular complexity index is 503. The van der Waals surface area contributed by atoms with E-state index in [2.05, 4.69) is 36.0 Å². The lowest BCUT2D eigenvalue weighted by Gasteiger charge is -2.05. The quantitative estimate of drug-likeness (QED) is 0.732. The maximum Gasteiger partial charge on any atom is 0.0810 e. The van der Waals surface area contributed by atoms with E-state index < -0.39 is 0 Å². The van der Waals surface area contributed by atoms with E-state index in [1.165, 1.54) is 11.1 Å². The number of hydrogen-bond acceptors (Lipinski definition) is 2. The number of benzene rings is 1. The van der Waals surface area contributed by atoms with Gasteiger partial charge in [0, 0.05) is 12.4 Å². The van der Waals surface area contributed by atoms with Crippen molar-refractivity contribution in [3.8, 4) is 0 Å². The van der Waals surface area contributed by atoms with E-state index in [-0.39, 0.29) is 6.04 Å². The predicted octanol–water partition coefficient (Wildman–Crippen LogP) is 3.57. The van der Waals surface area contributed by atoms with E-state index in [1.54, 1.807) is 0 Å². The van der Waals surface area contributed by atoms with Crippen LogP contribution in [0.3, 0.4) is 0 Å². The van der Waals surface area contributed by atoms with E-state index in [9.17, 15) is 0 Å². The van der Waals surface area contributed by atoms with Crippen LogP contribution in [0.2, 0.25) is 0 Å². The summed E-state index contributed by atoms with van der Waals surface area (Å²) >= 11 is 0. The van der Waals surface area contributed by atoms with Gasteiger partial charge in [-0.05, 0) is 37.1 Å². The zero-order valence-corrected chi connectivity index (χ0v) is 10.2. The first-order valence-corrected chi connectivity index (χ1v) is 5.76. The Morgan fingerprint density at radius 2 is 1.94 bits per heavy atom. The SMILES string of the molecule is Cc1ccnc(/C=N/[C@@H](C)c2ccccc2)c1. The van der Waals surface area contributed by atoms with Crippen LogP contribution in [0, 0.1) is 6.92 Å². The van der Waals surface area contributed by atoms with Gasteiger partial charge in [0.2, 0.25) is 0 Å². The second-order valence-corrected chi connectivity index (χ2v) is 4.12. The Hall–Kier alpha value is -1.96. The van der Waals surface area contributed by atoms with E-state index >= 15 is 0 Å². The molecular formula is C15H16N2. The maximum atomic E-state index is 4.52. The summed E-state index contributed by atoms with van der Waals surface area (Å²) in [5, 5.41) is 0. The number of aliphatic imine (C=N–C) groups is 1. The highest BCUT2D eigenvalue weighted by molar-refractivity contribution is 5.77. The van der Waals surface area contributed by atoms with Gasteiger partial charge >= 0.3 is 0 Å². The molecule has 0 bridgehead atoms. The van der Waals surface area contributed by atoms with Crippen LogP contribution >= 0.6 is 0 Å². The largest absolute Gasteiger partial charge is 0.283 e. The smallest absolute Gasteiger partial charge is 0.0810 e. The van der Waals surface area contributed by atoms with E-state index in [0.717, 1.165) is 5.69 Å². The van der Waals surface area contributed by atoms with Crippen molar-refractivity contribution in [1.82, 2.24) is 4.98 Å². The molecule has 0 aliphatic carbocycles. The molecule has 0 N–H and O–H groups in total. The first-order chi connectivity index (χ1) is 8.25. The molecule has 0 aliphatic heterocycles. The second kappa shape index (κ2) is 5.39. The molecule has 1 aromatic heterocycles. The minimum atomic E-state index is 0.165. The normalized spacial score (nSPS) is 12.8. The molecule has 0 spiro atoms. The van der Waals surface area contributed by atoms with E-state index in [0.29, 0.717) is 0 Å². The topological polar surface area (TPSA) is 25.2 Å². The third-order valence-electron chi connectivity index (χ3n) is 2.65. The van der Waals surface area contributed by atoms with Crippen molar-refractivity contribution >= 4 is 6.21 Å². The average molecular weight is 224 g/mol. The van der Waals surface area contributed by atoms with Crippen LogP contribution < -0.4 is 0 Å². The van der Waals surface area contributed by atoms with Crippen LogP contribution in [-0.2, 0) is 0 Å². The molecule has 0 unspecified atom stereocenters. The highest BCUT2D eigenvalue weighted by Gasteiger charge is 2.00. The lowest BCUT2D eigenvalue weighted by atomic mass is 10.1. The number of rotatable bonds is 3. The molecule has 0 aliphatic rings. The maximum absolute atomic E-state index is 4.52. The summed E-state index contributed by atoms with van der Waals surface area (Å²) in [4.78, 5) is 8.77.